The van der Waals surface area contributed by atoms with E-state index in [1.54, 1.807) is 17.7 Å². The van der Waals surface area contributed by atoms with E-state index in [0.717, 1.165) is 54.0 Å². The van der Waals surface area contributed by atoms with E-state index in [1.165, 1.54) is 0 Å². The van der Waals surface area contributed by atoms with Gasteiger partial charge in [-0.05, 0) is 53.7 Å². The molecule has 4 aromatic rings. The highest BCUT2D eigenvalue weighted by atomic mass is 79.9. The van der Waals surface area contributed by atoms with E-state index in [4.69, 9.17) is 5.26 Å². The number of thioether (sulfide) groups is 1. The van der Waals surface area contributed by atoms with Gasteiger partial charge in [0.15, 0.2) is 0 Å². The van der Waals surface area contributed by atoms with Crippen LogP contribution in [-0.4, -0.2) is 9.97 Å². The van der Waals surface area contributed by atoms with Crippen molar-refractivity contribution in [1.29, 1.82) is 5.26 Å². The van der Waals surface area contributed by atoms with Crippen molar-refractivity contribution in [3.63, 3.8) is 0 Å². The van der Waals surface area contributed by atoms with E-state index < -0.39 is 0 Å². The molecule has 0 bridgehead atoms. The highest BCUT2D eigenvalue weighted by Crippen LogP contribution is 2.37. The Kier molecular flexibility index (Phi) is 4.89. The molecule has 0 saturated carbocycles. The van der Waals surface area contributed by atoms with E-state index in [1.807, 2.05) is 36.4 Å². The van der Waals surface area contributed by atoms with Crippen molar-refractivity contribution in [2.45, 2.75) is 4.90 Å². The van der Waals surface area contributed by atoms with Gasteiger partial charge in [0.1, 0.15) is 22.4 Å². The van der Waals surface area contributed by atoms with Gasteiger partial charge in [-0.1, -0.05) is 28.1 Å². The average Bonchev–Trinajstić information content (AvgIpc) is 3.09. The fourth-order valence-electron chi connectivity index (χ4n) is 2.61. The fraction of sp³-hybridized carbons (Fsp3) is 0. The first-order valence-electron chi connectivity index (χ1n) is 7.66. The lowest BCUT2D eigenvalue weighted by atomic mass is 10.1. The quantitative estimate of drug-likeness (QED) is 0.293. The molecule has 0 radical (unpaired) electrons. The number of fused-ring (bicyclic) bond motifs is 1. The highest BCUT2D eigenvalue weighted by Gasteiger charge is 2.13. The molecule has 2 aromatic carbocycles. The van der Waals surface area contributed by atoms with Crippen molar-refractivity contribution in [3.8, 4) is 16.5 Å². The van der Waals surface area contributed by atoms with Crippen LogP contribution >= 0.6 is 39.0 Å². The minimum absolute atomic E-state index is 0.773. The first-order chi connectivity index (χ1) is 12.7. The molecule has 2 aromatic heterocycles. The minimum Gasteiger partial charge on any atom is -0.340 e. The SMILES string of the molecule is N#CSc1ccc(Nc2ncnc3scc(-c4ccc(Br)cc4)c23)cc1. The van der Waals surface area contributed by atoms with Crippen LogP contribution in [0.1, 0.15) is 0 Å². The molecule has 0 aliphatic carbocycles. The van der Waals surface area contributed by atoms with Crippen LogP contribution < -0.4 is 5.32 Å². The summed E-state index contributed by atoms with van der Waals surface area (Å²) in [6.45, 7) is 0. The lowest BCUT2D eigenvalue weighted by Gasteiger charge is -2.09. The Balaban J connectivity index is 1.74. The molecule has 0 unspecified atom stereocenters. The fourth-order valence-corrected chi connectivity index (χ4v) is 4.17. The molecule has 2 heterocycles. The number of halogens is 1. The Morgan fingerprint density at radius 3 is 2.54 bits per heavy atom. The molecule has 0 saturated heterocycles. The summed E-state index contributed by atoms with van der Waals surface area (Å²) in [6.07, 6.45) is 1.58. The zero-order chi connectivity index (χ0) is 17.9. The van der Waals surface area contributed by atoms with Gasteiger partial charge in [-0.3, -0.25) is 0 Å². The molecule has 1 N–H and O–H groups in total. The number of nitrogens with one attached hydrogen (secondary N) is 1. The van der Waals surface area contributed by atoms with E-state index in [2.05, 4.69) is 54.1 Å². The van der Waals surface area contributed by atoms with Gasteiger partial charge in [0.25, 0.3) is 0 Å². The van der Waals surface area contributed by atoms with Crippen molar-refractivity contribution >= 4 is 60.8 Å². The summed E-state index contributed by atoms with van der Waals surface area (Å²) in [5.41, 5.74) is 3.15. The first kappa shape index (κ1) is 17.0. The van der Waals surface area contributed by atoms with Crippen LogP contribution in [0.5, 0.6) is 0 Å². The van der Waals surface area contributed by atoms with Crippen LogP contribution in [0.4, 0.5) is 11.5 Å². The lowest BCUT2D eigenvalue weighted by Crippen LogP contribution is -1.95. The summed E-state index contributed by atoms with van der Waals surface area (Å²) in [5.74, 6) is 0.773. The van der Waals surface area contributed by atoms with Crippen molar-refractivity contribution in [3.05, 3.63) is 64.7 Å². The molecule has 7 heteroatoms. The lowest BCUT2D eigenvalue weighted by molar-refractivity contribution is 1.23. The Hall–Kier alpha value is -2.40. The second-order valence-electron chi connectivity index (χ2n) is 5.40. The van der Waals surface area contributed by atoms with E-state index in [0.29, 0.717) is 0 Å². The normalized spacial score (nSPS) is 10.6. The number of rotatable bonds is 4. The summed E-state index contributed by atoms with van der Waals surface area (Å²) >= 11 is 6.23. The second-order valence-corrected chi connectivity index (χ2v) is 8.03. The van der Waals surface area contributed by atoms with Crippen molar-refractivity contribution in [1.82, 2.24) is 9.97 Å². The molecule has 0 amide bonds. The van der Waals surface area contributed by atoms with Crippen LogP contribution in [0.3, 0.4) is 0 Å². The van der Waals surface area contributed by atoms with Crippen LogP contribution in [0.2, 0.25) is 0 Å². The van der Waals surface area contributed by atoms with Gasteiger partial charge in [-0.2, -0.15) is 5.26 Å². The molecule has 26 heavy (non-hydrogen) atoms. The molecule has 4 rings (SSSR count). The van der Waals surface area contributed by atoms with Gasteiger partial charge < -0.3 is 5.32 Å². The number of aromatic nitrogens is 2. The maximum absolute atomic E-state index is 8.75. The van der Waals surface area contributed by atoms with E-state index >= 15 is 0 Å². The summed E-state index contributed by atoms with van der Waals surface area (Å²) in [6, 6.07) is 15.9. The Labute approximate surface area is 167 Å². The number of anilines is 2. The van der Waals surface area contributed by atoms with Gasteiger partial charge in [-0.25, -0.2) is 9.97 Å². The third-order valence-electron chi connectivity index (χ3n) is 3.81. The van der Waals surface area contributed by atoms with E-state index in [-0.39, 0.29) is 0 Å². The predicted octanol–water partition coefficient (Wildman–Crippen LogP) is 6.44. The first-order valence-corrected chi connectivity index (χ1v) is 10.1. The Morgan fingerprint density at radius 1 is 1.04 bits per heavy atom. The molecule has 0 atom stereocenters. The predicted molar refractivity (Wildman–Crippen MR) is 112 cm³/mol. The smallest absolute Gasteiger partial charge is 0.143 e. The number of hydrogen-bond acceptors (Lipinski definition) is 6. The molecule has 0 spiro atoms. The van der Waals surface area contributed by atoms with E-state index in [9.17, 15) is 0 Å². The minimum atomic E-state index is 0.773. The molecular weight excluding hydrogens is 428 g/mol. The number of nitriles is 1. The van der Waals surface area contributed by atoms with Gasteiger partial charge in [0.2, 0.25) is 0 Å². The van der Waals surface area contributed by atoms with Crippen molar-refractivity contribution in [2.24, 2.45) is 0 Å². The maximum Gasteiger partial charge on any atom is 0.143 e. The molecular formula is C19H11BrN4S2. The van der Waals surface area contributed by atoms with Gasteiger partial charge in [0.05, 0.1) is 5.39 Å². The number of nitrogens with zero attached hydrogens (tertiary/aromatic N) is 3. The maximum atomic E-state index is 8.75. The summed E-state index contributed by atoms with van der Waals surface area (Å²) < 4.78 is 1.05. The summed E-state index contributed by atoms with van der Waals surface area (Å²) in [5, 5.41) is 17.3. The number of thiophene rings is 1. The molecule has 0 aliphatic rings. The molecule has 0 aliphatic heterocycles. The third kappa shape index (κ3) is 3.44. The number of benzene rings is 2. The van der Waals surface area contributed by atoms with Crippen LogP contribution in [0, 0.1) is 10.7 Å². The largest absolute Gasteiger partial charge is 0.340 e. The third-order valence-corrected chi connectivity index (χ3v) is 5.82. The average molecular weight is 439 g/mol. The summed E-state index contributed by atoms with van der Waals surface area (Å²) in [7, 11) is 0. The highest BCUT2D eigenvalue weighted by molar-refractivity contribution is 9.10. The van der Waals surface area contributed by atoms with Gasteiger partial charge >= 0.3 is 0 Å². The molecule has 4 nitrogen and oxygen atoms in total. The topological polar surface area (TPSA) is 61.6 Å². The monoisotopic (exact) mass is 438 g/mol. The van der Waals surface area contributed by atoms with Crippen LogP contribution in [0.25, 0.3) is 21.3 Å². The zero-order valence-corrected chi connectivity index (χ0v) is 16.5. The second kappa shape index (κ2) is 7.46. The number of thiocyanates is 1. The number of hydrogen-bond donors (Lipinski definition) is 1. The Morgan fingerprint density at radius 2 is 1.81 bits per heavy atom. The van der Waals surface area contributed by atoms with Crippen molar-refractivity contribution in [2.75, 3.05) is 5.32 Å². The molecule has 126 valence electrons. The van der Waals surface area contributed by atoms with Gasteiger partial charge in [-0.15, -0.1) is 11.3 Å². The van der Waals surface area contributed by atoms with Gasteiger partial charge in [0, 0.05) is 26.0 Å². The Bertz CT molecular complexity index is 1100. The standard InChI is InChI=1S/C19H11BrN4S2/c20-13-3-1-12(2-4-13)16-9-25-19-17(16)18(22-11-23-19)24-14-5-7-15(8-6-14)26-10-21/h1-9,11H,(H,22,23,24). The van der Waals surface area contributed by atoms with Crippen LogP contribution in [-0.2, 0) is 0 Å². The molecule has 0 fully saturated rings. The van der Waals surface area contributed by atoms with Crippen molar-refractivity contribution < 1.29 is 0 Å². The van der Waals surface area contributed by atoms with Crippen LogP contribution in [0.15, 0.2) is 69.6 Å². The zero-order valence-electron chi connectivity index (χ0n) is 13.3. The summed E-state index contributed by atoms with van der Waals surface area (Å²) in [4.78, 5) is 10.7.